The van der Waals surface area contributed by atoms with Gasteiger partial charge in [0.05, 0.1) is 23.6 Å². The molecule has 220 valence electrons. The van der Waals surface area contributed by atoms with Crippen molar-refractivity contribution < 1.29 is 19.1 Å². The Hall–Kier alpha value is -4.30. The van der Waals surface area contributed by atoms with Crippen molar-refractivity contribution in [3.63, 3.8) is 0 Å². The summed E-state index contributed by atoms with van der Waals surface area (Å²) < 4.78 is 11.6. The summed E-state index contributed by atoms with van der Waals surface area (Å²) in [5, 5.41) is 3.99. The smallest absolute Gasteiger partial charge is 0.282 e. The van der Waals surface area contributed by atoms with Gasteiger partial charge in [0.25, 0.3) is 5.24 Å². The molecule has 0 saturated carbocycles. The number of hydrogen-bond acceptors (Lipinski definition) is 6. The van der Waals surface area contributed by atoms with Gasteiger partial charge >= 0.3 is 0 Å². The molecule has 4 atom stereocenters. The van der Waals surface area contributed by atoms with Crippen molar-refractivity contribution in [1.82, 2.24) is 15.2 Å². The van der Waals surface area contributed by atoms with Gasteiger partial charge in [-0.1, -0.05) is 36.0 Å². The van der Waals surface area contributed by atoms with Crippen molar-refractivity contribution in [2.45, 2.75) is 31.1 Å². The number of benzene rings is 3. The fourth-order valence-electron chi connectivity index (χ4n) is 6.22. The number of methoxy groups -OCH3 is 1. The van der Waals surface area contributed by atoms with Crippen LogP contribution in [0.2, 0.25) is 0 Å². The SMILES string of the molecule is C=C[C@@H](CNC(C)=O)[C@H]1CCN2C(=O)S[C@@H](c3cc(-c4ccc(Oc5ccccc5)cc4)nc4ccc(OC)cc34)[C@@H]2C1. The van der Waals surface area contributed by atoms with Gasteiger partial charge in [-0.2, -0.15) is 0 Å². The molecule has 2 aliphatic rings. The van der Waals surface area contributed by atoms with Gasteiger partial charge in [0.15, 0.2) is 0 Å². The Balaban J connectivity index is 1.35. The number of thioether (sulfide) groups is 1. The Morgan fingerprint density at radius 3 is 2.56 bits per heavy atom. The summed E-state index contributed by atoms with van der Waals surface area (Å²) in [5.74, 6) is 2.70. The van der Waals surface area contributed by atoms with E-state index in [2.05, 4.69) is 18.0 Å². The van der Waals surface area contributed by atoms with Crippen LogP contribution in [0.5, 0.6) is 17.2 Å². The topological polar surface area (TPSA) is 80.8 Å². The molecular formula is C35H35N3O4S. The number of piperidine rings is 1. The van der Waals surface area contributed by atoms with Crippen LogP contribution in [-0.2, 0) is 4.79 Å². The van der Waals surface area contributed by atoms with E-state index in [0.717, 1.165) is 57.8 Å². The van der Waals surface area contributed by atoms with Gasteiger partial charge in [0.1, 0.15) is 17.2 Å². The molecule has 1 aromatic heterocycles. The number of para-hydroxylation sites is 1. The highest BCUT2D eigenvalue weighted by atomic mass is 32.2. The third-order valence-electron chi connectivity index (χ3n) is 8.48. The molecule has 2 aliphatic heterocycles. The average Bonchev–Trinajstić information content (AvgIpc) is 3.36. The minimum absolute atomic E-state index is 0.0299. The summed E-state index contributed by atoms with van der Waals surface area (Å²) in [6.07, 6.45) is 3.68. The van der Waals surface area contributed by atoms with E-state index in [0.29, 0.717) is 19.0 Å². The summed E-state index contributed by atoms with van der Waals surface area (Å²) in [6.45, 7) is 6.85. The number of nitrogens with one attached hydrogen (secondary N) is 1. The normalized spacial score (nSPS) is 20.4. The van der Waals surface area contributed by atoms with Crippen molar-refractivity contribution in [2.24, 2.45) is 11.8 Å². The molecule has 1 N–H and O–H groups in total. The van der Waals surface area contributed by atoms with E-state index in [-0.39, 0.29) is 28.4 Å². The fourth-order valence-corrected chi connectivity index (χ4v) is 7.53. The lowest BCUT2D eigenvalue weighted by molar-refractivity contribution is -0.119. The zero-order chi connectivity index (χ0) is 29.9. The van der Waals surface area contributed by atoms with E-state index in [4.69, 9.17) is 14.5 Å². The number of aromatic nitrogens is 1. The van der Waals surface area contributed by atoms with Gasteiger partial charge in [-0.05, 0) is 90.9 Å². The number of rotatable bonds is 9. The predicted octanol–water partition coefficient (Wildman–Crippen LogP) is 7.63. The maximum atomic E-state index is 13.3. The van der Waals surface area contributed by atoms with Crippen molar-refractivity contribution >= 4 is 33.8 Å². The summed E-state index contributed by atoms with van der Waals surface area (Å²) in [7, 11) is 1.66. The lowest BCUT2D eigenvalue weighted by atomic mass is 9.79. The number of pyridine rings is 1. The Bertz CT molecular complexity index is 1640. The van der Waals surface area contributed by atoms with E-state index < -0.39 is 0 Å². The lowest BCUT2D eigenvalue weighted by Gasteiger charge is -2.39. The number of fused-ring (bicyclic) bond motifs is 2. The maximum absolute atomic E-state index is 13.3. The van der Waals surface area contributed by atoms with Gasteiger partial charge in [0.2, 0.25) is 5.91 Å². The van der Waals surface area contributed by atoms with Crippen LogP contribution in [0, 0.1) is 11.8 Å². The zero-order valence-corrected chi connectivity index (χ0v) is 25.2. The second kappa shape index (κ2) is 12.5. The molecule has 3 aromatic carbocycles. The highest BCUT2D eigenvalue weighted by Gasteiger charge is 2.46. The highest BCUT2D eigenvalue weighted by molar-refractivity contribution is 8.14. The molecule has 0 unspecified atom stereocenters. The van der Waals surface area contributed by atoms with Gasteiger partial charge in [-0.15, -0.1) is 6.58 Å². The molecule has 7 nitrogen and oxygen atoms in total. The van der Waals surface area contributed by atoms with Crippen LogP contribution < -0.4 is 14.8 Å². The predicted molar refractivity (Wildman–Crippen MR) is 172 cm³/mol. The zero-order valence-electron chi connectivity index (χ0n) is 24.4. The first-order valence-corrected chi connectivity index (χ1v) is 15.5. The van der Waals surface area contributed by atoms with Crippen molar-refractivity contribution in [3.8, 4) is 28.5 Å². The van der Waals surface area contributed by atoms with Gasteiger partial charge in [0, 0.05) is 37.0 Å². The summed E-state index contributed by atoms with van der Waals surface area (Å²) in [5.41, 5.74) is 3.74. The molecule has 2 saturated heterocycles. The van der Waals surface area contributed by atoms with Crippen LogP contribution >= 0.6 is 11.8 Å². The van der Waals surface area contributed by atoms with Crippen LogP contribution in [0.1, 0.15) is 30.6 Å². The van der Waals surface area contributed by atoms with Crippen LogP contribution in [0.3, 0.4) is 0 Å². The first-order valence-electron chi connectivity index (χ1n) is 14.6. The monoisotopic (exact) mass is 593 g/mol. The van der Waals surface area contributed by atoms with E-state index in [1.807, 2.05) is 83.8 Å². The Morgan fingerprint density at radius 1 is 1.09 bits per heavy atom. The minimum atomic E-state index is -0.0708. The standard InChI is InChI=1S/C35H35N3O4S/c1-4-23(21-36-22(2)39)25-16-17-38-33(18-25)34(43-35(38)40)30-20-32(37-31-15-14-28(41-3)19-29(30)31)24-10-12-27(13-11-24)42-26-8-6-5-7-9-26/h4-15,19-20,23,25,33-34H,1,16-18,21H2,2-3H3,(H,36,39)/t23-,25-,33-,34-/m0/s1. The second-order valence-corrected chi connectivity index (χ2v) is 12.2. The van der Waals surface area contributed by atoms with Gasteiger partial charge < -0.3 is 19.7 Å². The first kappa shape index (κ1) is 28.8. The molecule has 0 spiro atoms. The molecule has 0 bridgehead atoms. The summed E-state index contributed by atoms with van der Waals surface area (Å²) in [4.78, 5) is 32.0. The minimum Gasteiger partial charge on any atom is -0.497 e. The van der Waals surface area contributed by atoms with Gasteiger partial charge in [-0.25, -0.2) is 4.98 Å². The number of hydrogen-bond donors (Lipinski definition) is 1. The van der Waals surface area contributed by atoms with Crippen LogP contribution in [0.4, 0.5) is 4.79 Å². The lowest BCUT2D eigenvalue weighted by Crippen LogP contribution is -2.44. The summed E-state index contributed by atoms with van der Waals surface area (Å²) in [6, 6.07) is 25.7. The largest absolute Gasteiger partial charge is 0.497 e. The van der Waals surface area contributed by atoms with Crippen molar-refractivity contribution in [1.29, 1.82) is 0 Å². The Morgan fingerprint density at radius 2 is 1.84 bits per heavy atom. The van der Waals surface area contributed by atoms with E-state index in [1.165, 1.54) is 18.7 Å². The van der Waals surface area contributed by atoms with E-state index >= 15 is 0 Å². The van der Waals surface area contributed by atoms with Gasteiger partial charge in [-0.3, -0.25) is 9.59 Å². The summed E-state index contributed by atoms with van der Waals surface area (Å²) >= 11 is 1.40. The molecule has 3 heterocycles. The third-order valence-corrected chi connectivity index (χ3v) is 9.73. The number of ether oxygens (including phenoxy) is 2. The molecule has 2 fully saturated rings. The molecule has 43 heavy (non-hydrogen) atoms. The fraction of sp³-hybridized carbons (Fsp3) is 0.286. The highest BCUT2D eigenvalue weighted by Crippen LogP contribution is 2.51. The second-order valence-electron chi connectivity index (χ2n) is 11.1. The first-order chi connectivity index (χ1) is 20.9. The number of carbonyl (C=O) groups excluding carboxylic acids is 2. The molecular weight excluding hydrogens is 558 g/mol. The van der Waals surface area contributed by atoms with Crippen LogP contribution in [-0.4, -0.2) is 47.3 Å². The molecule has 4 aromatic rings. The number of carbonyl (C=O) groups is 2. The van der Waals surface area contributed by atoms with Crippen LogP contribution in [0.15, 0.2) is 91.5 Å². The molecule has 2 amide bonds. The number of amides is 2. The average molecular weight is 594 g/mol. The maximum Gasteiger partial charge on any atom is 0.282 e. The van der Waals surface area contributed by atoms with E-state index in [9.17, 15) is 9.59 Å². The van der Waals surface area contributed by atoms with Crippen LogP contribution in [0.25, 0.3) is 22.2 Å². The molecule has 0 radical (unpaired) electrons. The quantitative estimate of drug-likeness (QED) is 0.201. The van der Waals surface area contributed by atoms with E-state index in [1.54, 1.807) is 7.11 Å². The van der Waals surface area contributed by atoms with Crippen molar-refractivity contribution in [2.75, 3.05) is 20.2 Å². The third kappa shape index (κ3) is 6.11. The van der Waals surface area contributed by atoms with Crippen molar-refractivity contribution in [3.05, 3.63) is 97.1 Å². The Labute approximate surface area is 256 Å². The number of nitrogens with zero attached hydrogens (tertiary/aromatic N) is 2. The molecule has 8 heteroatoms. The molecule has 0 aliphatic carbocycles. The molecule has 6 rings (SSSR count). The Kier molecular flexibility index (Phi) is 8.38.